The minimum Gasteiger partial charge on any atom is -0.335 e. The molecule has 11 heteroatoms. The third-order valence-corrected chi connectivity index (χ3v) is 7.21. The van der Waals surface area contributed by atoms with Crippen molar-refractivity contribution >= 4 is 26.3 Å². The van der Waals surface area contributed by atoms with E-state index in [2.05, 4.69) is 5.32 Å². The van der Waals surface area contributed by atoms with Crippen LogP contribution in [0.3, 0.4) is 0 Å². The molecule has 0 atom stereocenters. The molecule has 2 amide bonds. The fourth-order valence-electron chi connectivity index (χ4n) is 3.06. The highest BCUT2D eigenvalue weighted by atomic mass is 32.2. The monoisotopic (exact) mass is 382 g/mol. The predicted octanol–water partition coefficient (Wildman–Crippen LogP) is -0.170. The highest BCUT2D eigenvalue weighted by Crippen LogP contribution is 2.17. The highest BCUT2D eigenvalue weighted by Gasteiger charge is 2.31. The second-order valence-electron chi connectivity index (χ2n) is 6.33. The van der Waals surface area contributed by atoms with Crippen LogP contribution in [-0.2, 0) is 20.2 Å². The second-order valence-corrected chi connectivity index (χ2v) is 9.98. The molecule has 1 heterocycles. The molecule has 140 valence electrons. The molecule has 9 nitrogen and oxygen atoms in total. The van der Waals surface area contributed by atoms with Crippen LogP contribution in [0.2, 0.25) is 0 Å². The van der Waals surface area contributed by atoms with E-state index in [0.29, 0.717) is 0 Å². The van der Waals surface area contributed by atoms with E-state index in [0.717, 1.165) is 49.1 Å². The summed E-state index contributed by atoms with van der Waals surface area (Å²) in [6, 6.07) is -0.711. The zero-order valence-corrected chi connectivity index (χ0v) is 15.5. The van der Waals surface area contributed by atoms with E-state index in [4.69, 9.17) is 0 Å². The minimum atomic E-state index is -3.96. The van der Waals surface area contributed by atoms with Crippen LogP contribution in [-0.4, -0.2) is 70.0 Å². The molecule has 2 aliphatic rings. The van der Waals surface area contributed by atoms with E-state index < -0.39 is 26.3 Å². The van der Waals surface area contributed by atoms with Gasteiger partial charge in [0.25, 0.3) is 0 Å². The average molecular weight is 383 g/mol. The third kappa shape index (κ3) is 5.57. The first-order valence-corrected chi connectivity index (χ1v) is 11.5. The van der Waals surface area contributed by atoms with Gasteiger partial charge in [-0.25, -0.2) is 17.9 Å². The molecule has 1 aliphatic carbocycles. The van der Waals surface area contributed by atoms with Gasteiger partial charge < -0.3 is 5.32 Å². The van der Waals surface area contributed by atoms with Crippen molar-refractivity contribution in [1.29, 1.82) is 0 Å². The number of nitrogens with one attached hydrogen (secondary N) is 2. The molecular formula is C13H26N4O5S2. The highest BCUT2D eigenvalue weighted by molar-refractivity contribution is 7.88. The molecule has 1 saturated heterocycles. The van der Waals surface area contributed by atoms with Gasteiger partial charge in [-0.1, -0.05) is 25.7 Å². The van der Waals surface area contributed by atoms with Gasteiger partial charge >= 0.3 is 16.2 Å². The first-order valence-electron chi connectivity index (χ1n) is 8.22. The van der Waals surface area contributed by atoms with Gasteiger partial charge in [-0.15, -0.1) is 0 Å². The lowest BCUT2D eigenvalue weighted by Gasteiger charge is -2.32. The van der Waals surface area contributed by atoms with E-state index in [-0.39, 0.29) is 32.2 Å². The first-order chi connectivity index (χ1) is 11.2. The number of amides is 2. The summed E-state index contributed by atoms with van der Waals surface area (Å²) in [5.41, 5.74) is 0. The Labute approximate surface area is 144 Å². The number of sulfonamides is 1. The van der Waals surface area contributed by atoms with Gasteiger partial charge in [0.15, 0.2) is 0 Å². The molecule has 0 unspecified atom stereocenters. The number of hydrogen-bond donors (Lipinski definition) is 2. The van der Waals surface area contributed by atoms with Crippen LogP contribution < -0.4 is 10.0 Å². The quantitative estimate of drug-likeness (QED) is 0.655. The maximum atomic E-state index is 12.2. The molecule has 0 spiro atoms. The molecule has 0 aromatic carbocycles. The third-order valence-electron chi connectivity index (χ3n) is 4.42. The number of urea groups is 1. The molecule has 0 bridgehead atoms. The van der Waals surface area contributed by atoms with E-state index in [1.54, 1.807) is 0 Å². The summed E-state index contributed by atoms with van der Waals surface area (Å²) in [6.45, 7) is 0.228. The predicted molar refractivity (Wildman–Crippen MR) is 90.1 cm³/mol. The molecular weight excluding hydrogens is 356 g/mol. The van der Waals surface area contributed by atoms with Crippen molar-refractivity contribution in [3.8, 4) is 0 Å². The maximum absolute atomic E-state index is 12.2. The second kappa shape index (κ2) is 7.98. The van der Waals surface area contributed by atoms with E-state index in [9.17, 15) is 21.6 Å². The Morgan fingerprint density at radius 3 is 1.88 bits per heavy atom. The molecule has 24 heavy (non-hydrogen) atoms. The summed E-state index contributed by atoms with van der Waals surface area (Å²) in [5.74, 6) is 0. The molecule has 0 radical (unpaired) electrons. The van der Waals surface area contributed by atoms with Crippen LogP contribution in [0.4, 0.5) is 4.79 Å². The summed E-state index contributed by atoms with van der Waals surface area (Å²) < 4.78 is 51.7. The van der Waals surface area contributed by atoms with E-state index in [1.807, 2.05) is 4.72 Å². The zero-order chi connectivity index (χ0) is 17.8. The summed E-state index contributed by atoms with van der Waals surface area (Å²) in [5, 5.41) is 2.72. The SMILES string of the molecule is CS(=O)(=O)N1CCN(S(=O)(=O)NC(=O)NC2CCCCCC2)CC1. The van der Waals surface area contributed by atoms with Crippen molar-refractivity contribution in [2.75, 3.05) is 32.4 Å². The molecule has 2 rings (SSSR count). The molecule has 0 aromatic heterocycles. The van der Waals surface area contributed by atoms with Gasteiger partial charge in [-0.2, -0.15) is 17.0 Å². The van der Waals surface area contributed by atoms with Crippen molar-refractivity contribution in [3.63, 3.8) is 0 Å². The van der Waals surface area contributed by atoms with Crippen molar-refractivity contribution in [3.05, 3.63) is 0 Å². The number of carbonyl (C=O) groups excluding carboxylic acids is 1. The Kier molecular flexibility index (Phi) is 6.46. The molecule has 1 aliphatic heterocycles. The number of rotatable bonds is 4. The summed E-state index contributed by atoms with van der Waals surface area (Å²) in [7, 11) is -7.29. The van der Waals surface area contributed by atoms with Crippen LogP contribution >= 0.6 is 0 Å². The molecule has 0 aromatic rings. The maximum Gasteiger partial charge on any atom is 0.329 e. The summed E-state index contributed by atoms with van der Waals surface area (Å²) >= 11 is 0. The van der Waals surface area contributed by atoms with E-state index in [1.165, 1.54) is 4.31 Å². The summed E-state index contributed by atoms with van der Waals surface area (Å²) in [6.07, 6.45) is 7.17. The Morgan fingerprint density at radius 2 is 1.38 bits per heavy atom. The van der Waals surface area contributed by atoms with Crippen molar-refractivity contribution in [2.45, 2.75) is 44.6 Å². The number of nitrogens with zero attached hydrogens (tertiary/aromatic N) is 2. The van der Waals surface area contributed by atoms with Gasteiger partial charge in [0, 0.05) is 32.2 Å². The standard InChI is InChI=1S/C13H26N4O5S2/c1-23(19,20)16-8-10-17(11-9-16)24(21,22)15-13(18)14-12-6-4-2-3-5-7-12/h12H,2-11H2,1H3,(H2,14,15,18). The van der Waals surface area contributed by atoms with Crippen molar-refractivity contribution in [2.24, 2.45) is 0 Å². The number of carbonyl (C=O) groups is 1. The lowest BCUT2D eigenvalue weighted by Crippen LogP contribution is -2.55. The number of hydrogen-bond acceptors (Lipinski definition) is 5. The fourth-order valence-corrected chi connectivity index (χ4v) is 4.95. The van der Waals surface area contributed by atoms with Gasteiger partial charge in [0.05, 0.1) is 6.26 Å². The van der Waals surface area contributed by atoms with Crippen LogP contribution in [0, 0.1) is 0 Å². The lowest BCUT2D eigenvalue weighted by atomic mass is 10.1. The van der Waals surface area contributed by atoms with Crippen LogP contribution in [0.5, 0.6) is 0 Å². The van der Waals surface area contributed by atoms with Gasteiger partial charge in [-0.05, 0) is 12.8 Å². The normalized spacial score (nSPS) is 22.7. The van der Waals surface area contributed by atoms with Crippen LogP contribution in [0.1, 0.15) is 38.5 Å². The van der Waals surface area contributed by atoms with Gasteiger partial charge in [-0.3, -0.25) is 0 Å². The van der Waals surface area contributed by atoms with Crippen LogP contribution in [0.15, 0.2) is 0 Å². The minimum absolute atomic E-state index is 0.00443. The Hall–Kier alpha value is -0.910. The summed E-state index contributed by atoms with van der Waals surface area (Å²) in [4.78, 5) is 12.0. The first kappa shape index (κ1) is 19.4. The van der Waals surface area contributed by atoms with Crippen molar-refractivity contribution in [1.82, 2.24) is 18.6 Å². The van der Waals surface area contributed by atoms with E-state index >= 15 is 0 Å². The van der Waals surface area contributed by atoms with Gasteiger partial charge in [0.2, 0.25) is 10.0 Å². The topological polar surface area (TPSA) is 116 Å². The molecule has 2 fully saturated rings. The largest absolute Gasteiger partial charge is 0.335 e. The Morgan fingerprint density at radius 1 is 0.875 bits per heavy atom. The molecule has 2 N–H and O–H groups in total. The van der Waals surface area contributed by atoms with Crippen LogP contribution in [0.25, 0.3) is 0 Å². The zero-order valence-electron chi connectivity index (χ0n) is 13.9. The number of piperazine rings is 1. The smallest absolute Gasteiger partial charge is 0.329 e. The van der Waals surface area contributed by atoms with Gasteiger partial charge in [0.1, 0.15) is 0 Å². The lowest BCUT2D eigenvalue weighted by molar-refractivity contribution is 0.237. The fraction of sp³-hybridized carbons (Fsp3) is 0.923. The average Bonchev–Trinajstić information content (AvgIpc) is 2.74. The molecule has 1 saturated carbocycles. The Balaban J connectivity index is 1.85. The van der Waals surface area contributed by atoms with Crippen molar-refractivity contribution < 1.29 is 21.6 Å². The Bertz CT molecular complexity index is 633.